The van der Waals surface area contributed by atoms with Gasteiger partial charge in [-0.05, 0) is 30.9 Å². The van der Waals surface area contributed by atoms with Crippen molar-refractivity contribution in [1.29, 1.82) is 0 Å². The largest absolute Gasteiger partial charge is 0.371 e. The van der Waals surface area contributed by atoms with Gasteiger partial charge < -0.3 is 15.4 Å². The summed E-state index contributed by atoms with van der Waals surface area (Å²) in [6.07, 6.45) is 8.34. The van der Waals surface area contributed by atoms with Gasteiger partial charge in [0.25, 0.3) is 0 Å². The third kappa shape index (κ3) is 4.84. The summed E-state index contributed by atoms with van der Waals surface area (Å²) < 4.78 is 5.96. The Morgan fingerprint density at radius 1 is 1.39 bits per heavy atom. The molecule has 1 saturated heterocycles. The lowest BCUT2D eigenvalue weighted by atomic mass is 10.00. The lowest BCUT2D eigenvalue weighted by Gasteiger charge is -2.11. The van der Waals surface area contributed by atoms with Crippen molar-refractivity contribution in [2.75, 3.05) is 0 Å². The third-order valence-corrected chi connectivity index (χ3v) is 3.26. The molecule has 100 valence electrons. The fourth-order valence-corrected chi connectivity index (χ4v) is 2.35. The quantitative estimate of drug-likeness (QED) is 0.555. The van der Waals surface area contributed by atoms with Gasteiger partial charge in [-0.25, -0.2) is 0 Å². The van der Waals surface area contributed by atoms with Gasteiger partial charge in [0, 0.05) is 11.9 Å². The maximum absolute atomic E-state index is 5.96. The normalized spacial score (nSPS) is 28.3. The summed E-state index contributed by atoms with van der Waals surface area (Å²) in [5.41, 5.74) is 3.86. The van der Waals surface area contributed by atoms with Gasteiger partial charge in [0.05, 0.1) is 23.2 Å². The number of nitrogens with one attached hydrogen (secondary N) is 2. The topological polar surface area (TPSA) is 33.3 Å². The molecule has 2 N–H and O–H groups in total. The second kappa shape index (κ2) is 8.34. The molecule has 1 fully saturated rings. The van der Waals surface area contributed by atoms with Crippen molar-refractivity contribution in [1.82, 2.24) is 10.6 Å². The number of hydrogen-bond acceptors (Lipinski definition) is 3. The molecule has 0 amide bonds. The molecule has 1 aliphatic rings. The molecule has 5 heteroatoms. The van der Waals surface area contributed by atoms with Gasteiger partial charge in [0.15, 0.2) is 0 Å². The summed E-state index contributed by atoms with van der Waals surface area (Å²) in [6.45, 7) is 4.39. The monoisotopic (exact) mass is 284 g/mol. The molecule has 0 aromatic heterocycles. The highest BCUT2D eigenvalue weighted by molar-refractivity contribution is 7.79. The Hall–Kier alpha value is -0.780. The van der Waals surface area contributed by atoms with Crippen molar-refractivity contribution in [3.05, 3.63) is 24.0 Å². The Morgan fingerprint density at radius 2 is 2.17 bits per heavy atom. The van der Waals surface area contributed by atoms with Crippen LogP contribution in [0.2, 0.25) is 0 Å². The van der Waals surface area contributed by atoms with Gasteiger partial charge in [-0.3, -0.25) is 0 Å². The average molecular weight is 284 g/mol. The Labute approximate surface area is 120 Å². The van der Waals surface area contributed by atoms with Crippen molar-refractivity contribution in [3.63, 3.8) is 0 Å². The molecule has 0 radical (unpaired) electrons. The Kier molecular flexibility index (Phi) is 7.08. The van der Waals surface area contributed by atoms with Crippen LogP contribution in [0.5, 0.6) is 0 Å². The van der Waals surface area contributed by atoms with E-state index >= 15 is 0 Å². The van der Waals surface area contributed by atoms with Crippen LogP contribution in [0, 0.1) is 5.92 Å². The van der Waals surface area contributed by atoms with Gasteiger partial charge in [-0.1, -0.05) is 38.3 Å². The zero-order valence-electron chi connectivity index (χ0n) is 10.8. The maximum atomic E-state index is 5.96. The van der Waals surface area contributed by atoms with Gasteiger partial charge >= 0.3 is 0 Å². The van der Waals surface area contributed by atoms with Gasteiger partial charge in [-0.15, -0.1) is 0 Å². The average Bonchev–Trinajstić information content (AvgIpc) is 2.70. The molecular formula is C13H20N2OS2. The summed E-state index contributed by atoms with van der Waals surface area (Å²) in [7, 11) is 0. The van der Waals surface area contributed by atoms with E-state index in [9.17, 15) is 0 Å². The molecule has 3 atom stereocenters. The second-order valence-electron chi connectivity index (χ2n) is 4.34. The number of thiocarbonyl (C=S) groups is 2. The molecule has 3 nitrogen and oxygen atoms in total. The van der Waals surface area contributed by atoms with Crippen molar-refractivity contribution in [3.8, 4) is 0 Å². The van der Waals surface area contributed by atoms with E-state index in [4.69, 9.17) is 17.0 Å². The molecule has 0 spiro atoms. The third-order valence-electron chi connectivity index (χ3n) is 3.01. The molecule has 0 bridgehead atoms. The van der Waals surface area contributed by atoms with E-state index in [0.29, 0.717) is 12.0 Å². The lowest BCUT2D eigenvalue weighted by molar-refractivity contribution is 0.0568. The van der Waals surface area contributed by atoms with E-state index in [1.165, 1.54) is 11.0 Å². The van der Waals surface area contributed by atoms with Crippen LogP contribution in [0.25, 0.3) is 0 Å². The molecule has 1 heterocycles. The maximum Gasteiger partial charge on any atom is 0.0786 e. The van der Waals surface area contributed by atoms with E-state index in [2.05, 4.69) is 42.8 Å². The zero-order valence-corrected chi connectivity index (χ0v) is 12.4. The van der Waals surface area contributed by atoms with Crippen LogP contribution in [-0.4, -0.2) is 23.2 Å². The minimum absolute atomic E-state index is 0.152. The van der Waals surface area contributed by atoms with Gasteiger partial charge in [-0.2, -0.15) is 0 Å². The number of hydrogen-bond donors (Lipinski definition) is 2. The molecule has 0 aliphatic carbocycles. The lowest BCUT2D eigenvalue weighted by Crippen LogP contribution is -2.14. The molecule has 0 saturated carbocycles. The van der Waals surface area contributed by atoms with E-state index in [1.54, 1.807) is 6.20 Å². The first kappa shape index (κ1) is 15.3. The highest BCUT2D eigenvalue weighted by Crippen LogP contribution is 2.29. The molecule has 0 aromatic rings. The first-order valence-electron chi connectivity index (χ1n) is 6.15. The summed E-state index contributed by atoms with van der Waals surface area (Å²) in [5.74, 6) is 0.605. The Balaban J connectivity index is 2.64. The van der Waals surface area contributed by atoms with Crippen LogP contribution in [0.4, 0.5) is 0 Å². The molecule has 0 aromatic carbocycles. The van der Waals surface area contributed by atoms with Crippen molar-refractivity contribution >= 4 is 35.4 Å². The predicted octanol–water partition coefficient (Wildman–Crippen LogP) is 2.68. The summed E-state index contributed by atoms with van der Waals surface area (Å²) in [6, 6.07) is 0. The van der Waals surface area contributed by atoms with Crippen LogP contribution >= 0.6 is 24.4 Å². The smallest absolute Gasteiger partial charge is 0.0786 e. The summed E-state index contributed by atoms with van der Waals surface area (Å²) >= 11 is 9.50. The fourth-order valence-electron chi connectivity index (χ4n) is 2.14. The van der Waals surface area contributed by atoms with Crippen molar-refractivity contribution in [2.45, 2.75) is 38.9 Å². The molecule has 18 heavy (non-hydrogen) atoms. The first-order valence-corrected chi connectivity index (χ1v) is 7.09. The van der Waals surface area contributed by atoms with Crippen molar-refractivity contribution in [2.24, 2.45) is 5.92 Å². The summed E-state index contributed by atoms with van der Waals surface area (Å²) in [5, 5.41) is 5.84. The Morgan fingerprint density at radius 3 is 2.72 bits per heavy atom. The number of allylic oxidation sites excluding steroid dienone is 1. The van der Waals surface area contributed by atoms with Crippen LogP contribution in [-0.2, 0) is 4.74 Å². The minimum atomic E-state index is 0.152. The zero-order chi connectivity index (χ0) is 13.4. The SMILES string of the molecule is CCC1OC(/C=C(\C=C/NC=S)NC=S)CC1C. The van der Waals surface area contributed by atoms with Gasteiger partial charge in [0.1, 0.15) is 0 Å². The van der Waals surface area contributed by atoms with E-state index in [1.807, 2.05) is 6.08 Å². The van der Waals surface area contributed by atoms with E-state index in [0.717, 1.165) is 18.5 Å². The van der Waals surface area contributed by atoms with Crippen LogP contribution < -0.4 is 10.6 Å². The van der Waals surface area contributed by atoms with Crippen LogP contribution in [0.15, 0.2) is 24.0 Å². The van der Waals surface area contributed by atoms with Crippen LogP contribution in [0.3, 0.4) is 0 Å². The second-order valence-corrected chi connectivity index (χ2v) is 4.81. The number of rotatable bonds is 7. The highest BCUT2D eigenvalue weighted by Gasteiger charge is 2.29. The van der Waals surface area contributed by atoms with Gasteiger partial charge in [0.2, 0.25) is 0 Å². The summed E-state index contributed by atoms with van der Waals surface area (Å²) in [4.78, 5) is 0. The highest BCUT2D eigenvalue weighted by atomic mass is 32.1. The van der Waals surface area contributed by atoms with Crippen molar-refractivity contribution < 1.29 is 4.74 Å². The fraction of sp³-hybridized carbons (Fsp3) is 0.538. The van der Waals surface area contributed by atoms with Crippen LogP contribution in [0.1, 0.15) is 26.7 Å². The molecule has 1 aliphatic heterocycles. The first-order chi connectivity index (χ1) is 8.71. The molecular weight excluding hydrogens is 264 g/mol. The molecule has 3 unspecified atom stereocenters. The predicted molar refractivity (Wildman–Crippen MR) is 83.5 cm³/mol. The molecule has 1 rings (SSSR count). The standard InChI is InChI=1S/C13H20N2OS2/c1-3-13-10(2)6-12(16-13)7-11(15-9-18)4-5-14-8-17/h4-5,7-10,12-13H,3,6H2,1-2H3,(H,14,17)(H,15,18)/b5-4-,11-7+. The van der Waals surface area contributed by atoms with E-state index in [-0.39, 0.29) is 6.10 Å². The Bertz CT molecular complexity index is 342. The van der Waals surface area contributed by atoms with E-state index < -0.39 is 0 Å². The minimum Gasteiger partial charge on any atom is -0.371 e. The number of ether oxygens (including phenoxy) is 1.